The number of hydrogen-bond acceptors (Lipinski definition) is 4. The summed E-state index contributed by atoms with van der Waals surface area (Å²) in [6.07, 6.45) is -8.25. The van der Waals surface area contributed by atoms with Crippen molar-refractivity contribution in [2.45, 2.75) is 24.9 Å². The maximum absolute atomic E-state index is 13.3. The molecule has 0 aliphatic carbocycles. The standard InChI is InChI=1S/C17H11ClF6N6O/c18-11-8(2-1-3-9(11)16(19,20)21)14(31)29-6-7-30-13(12(29)10-4-5-25-26-10)27-28-15(30)17(22,23)24/h1-5,12H,6-7H2,(H,25,26). The average molecular weight is 465 g/mol. The van der Waals surface area contributed by atoms with Crippen LogP contribution in [-0.4, -0.2) is 42.3 Å². The summed E-state index contributed by atoms with van der Waals surface area (Å²) in [6, 6.07) is 3.09. The monoisotopic (exact) mass is 464 g/mol. The summed E-state index contributed by atoms with van der Waals surface area (Å²) in [5.74, 6) is -2.35. The van der Waals surface area contributed by atoms with Crippen molar-refractivity contribution in [3.8, 4) is 0 Å². The average Bonchev–Trinajstić information content (AvgIpc) is 3.35. The van der Waals surface area contributed by atoms with E-state index >= 15 is 0 Å². The second-order valence-electron chi connectivity index (χ2n) is 6.61. The number of carbonyl (C=O) groups is 1. The van der Waals surface area contributed by atoms with Crippen LogP contribution in [0.1, 0.15) is 39.3 Å². The van der Waals surface area contributed by atoms with Gasteiger partial charge in [-0.15, -0.1) is 10.2 Å². The van der Waals surface area contributed by atoms with Gasteiger partial charge < -0.3 is 9.47 Å². The molecule has 1 aromatic carbocycles. The molecule has 1 amide bonds. The van der Waals surface area contributed by atoms with Crippen molar-refractivity contribution in [1.82, 2.24) is 29.9 Å². The van der Waals surface area contributed by atoms with Gasteiger partial charge in [0.1, 0.15) is 6.04 Å². The number of fused-ring (bicyclic) bond motifs is 1. The molecule has 14 heteroatoms. The van der Waals surface area contributed by atoms with Crippen LogP contribution in [-0.2, 0) is 18.9 Å². The van der Waals surface area contributed by atoms with E-state index in [1.54, 1.807) is 0 Å². The van der Waals surface area contributed by atoms with Gasteiger partial charge in [0.05, 0.1) is 21.8 Å². The molecule has 1 N–H and O–H groups in total. The quantitative estimate of drug-likeness (QED) is 0.583. The summed E-state index contributed by atoms with van der Waals surface area (Å²) < 4.78 is 80.2. The van der Waals surface area contributed by atoms with Gasteiger partial charge in [0, 0.05) is 19.3 Å². The molecule has 0 saturated heterocycles. The van der Waals surface area contributed by atoms with Crippen LogP contribution in [0.4, 0.5) is 26.3 Å². The third-order valence-electron chi connectivity index (χ3n) is 4.77. The Labute approximate surface area is 174 Å². The Morgan fingerprint density at radius 2 is 1.81 bits per heavy atom. The molecule has 2 aromatic heterocycles. The number of H-pyrrole nitrogens is 1. The Hall–Kier alpha value is -3.09. The van der Waals surface area contributed by atoms with E-state index < -0.39 is 46.3 Å². The maximum Gasteiger partial charge on any atom is 0.451 e. The minimum absolute atomic E-state index is 0.207. The van der Waals surface area contributed by atoms with Crippen LogP contribution in [0.25, 0.3) is 0 Å². The lowest BCUT2D eigenvalue weighted by molar-refractivity contribution is -0.148. The molecule has 4 rings (SSSR count). The number of aromatic amines is 1. The number of amides is 1. The third-order valence-corrected chi connectivity index (χ3v) is 5.17. The molecule has 31 heavy (non-hydrogen) atoms. The van der Waals surface area contributed by atoms with E-state index in [1.165, 1.54) is 12.3 Å². The highest BCUT2D eigenvalue weighted by Gasteiger charge is 2.44. The zero-order chi connectivity index (χ0) is 22.6. The van der Waals surface area contributed by atoms with Crippen molar-refractivity contribution in [3.05, 3.63) is 64.0 Å². The fourth-order valence-corrected chi connectivity index (χ4v) is 3.75. The molecule has 1 atom stereocenters. The number of hydrogen-bond donors (Lipinski definition) is 1. The maximum atomic E-state index is 13.3. The van der Waals surface area contributed by atoms with E-state index in [0.717, 1.165) is 27.7 Å². The molecule has 0 radical (unpaired) electrons. The highest BCUT2D eigenvalue weighted by atomic mass is 35.5. The van der Waals surface area contributed by atoms with Crippen molar-refractivity contribution in [1.29, 1.82) is 0 Å². The molecular weight excluding hydrogens is 454 g/mol. The van der Waals surface area contributed by atoms with Crippen molar-refractivity contribution in [3.63, 3.8) is 0 Å². The third kappa shape index (κ3) is 3.62. The number of aromatic nitrogens is 5. The minimum Gasteiger partial charge on any atom is -0.321 e. The molecule has 0 fully saturated rings. The number of alkyl halides is 6. The van der Waals surface area contributed by atoms with Crippen LogP contribution in [0.5, 0.6) is 0 Å². The number of benzene rings is 1. The Kier molecular flexibility index (Phi) is 4.95. The Balaban J connectivity index is 1.81. The van der Waals surface area contributed by atoms with Crippen LogP contribution in [0, 0.1) is 0 Å². The SMILES string of the molecule is O=C(c1cccc(C(F)(F)F)c1Cl)N1CCn2c(nnc2C(F)(F)F)C1c1ccn[nH]1. The van der Waals surface area contributed by atoms with Crippen LogP contribution in [0.2, 0.25) is 5.02 Å². The molecular formula is C17H11ClF6N6O. The predicted octanol–water partition coefficient (Wildman–Crippen LogP) is 3.94. The van der Waals surface area contributed by atoms with Crippen molar-refractivity contribution in [2.24, 2.45) is 0 Å². The molecule has 0 spiro atoms. The molecule has 1 aliphatic heterocycles. The topological polar surface area (TPSA) is 79.7 Å². The zero-order valence-corrected chi connectivity index (χ0v) is 15.9. The fourth-order valence-electron chi connectivity index (χ4n) is 3.44. The summed E-state index contributed by atoms with van der Waals surface area (Å²) in [6.45, 7) is -0.576. The Morgan fingerprint density at radius 1 is 1.06 bits per heavy atom. The lowest BCUT2D eigenvalue weighted by Gasteiger charge is -2.35. The van der Waals surface area contributed by atoms with Gasteiger partial charge in [-0.25, -0.2) is 0 Å². The second-order valence-corrected chi connectivity index (χ2v) is 6.99. The first-order valence-electron chi connectivity index (χ1n) is 8.66. The summed E-state index contributed by atoms with van der Waals surface area (Å²) in [5.41, 5.74) is -1.43. The van der Waals surface area contributed by atoms with E-state index in [9.17, 15) is 31.1 Å². The molecule has 1 aliphatic rings. The number of carbonyl (C=O) groups excluding carboxylic acids is 1. The number of nitrogens with zero attached hydrogens (tertiary/aromatic N) is 5. The van der Waals surface area contributed by atoms with Gasteiger partial charge >= 0.3 is 12.4 Å². The first-order valence-corrected chi connectivity index (χ1v) is 9.04. The fraction of sp³-hybridized carbons (Fsp3) is 0.294. The highest BCUT2D eigenvalue weighted by molar-refractivity contribution is 6.34. The lowest BCUT2D eigenvalue weighted by atomic mass is 10.0. The molecule has 3 heterocycles. The highest BCUT2D eigenvalue weighted by Crippen LogP contribution is 2.39. The number of nitrogens with one attached hydrogen (secondary N) is 1. The summed E-state index contributed by atoms with van der Waals surface area (Å²) >= 11 is 5.87. The van der Waals surface area contributed by atoms with Gasteiger partial charge in [-0.3, -0.25) is 9.89 Å². The van der Waals surface area contributed by atoms with Crippen LogP contribution < -0.4 is 0 Å². The van der Waals surface area contributed by atoms with E-state index in [2.05, 4.69) is 20.4 Å². The molecule has 164 valence electrons. The van der Waals surface area contributed by atoms with Crippen molar-refractivity contribution < 1.29 is 31.1 Å². The second kappa shape index (κ2) is 7.25. The first-order chi connectivity index (χ1) is 14.5. The van der Waals surface area contributed by atoms with E-state index in [1.807, 2.05) is 0 Å². The van der Waals surface area contributed by atoms with Crippen molar-refractivity contribution in [2.75, 3.05) is 6.54 Å². The Morgan fingerprint density at radius 3 is 2.42 bits per heavy atom. The van der Waals surface area contributed by atoms with Gasteiger partial charge in [-0.1, -0.05) is 17.7 Å². The molecule has 3 aromatic rings. The van der Waals surface area contributed by atoms with E-state index in [4.69, 9.17) is 11.6 Å². The number of rotatable bonds is 2. The predicted molar refractivity (Wildman–Crippen MR) is 92.9 cm³/mol. The van der Waals surface area contributed by atoms with Gasteiger partial charge in [0.2, 0.25) is 5.82 Å². The van der Waals surface area contributed by atoms with E-state index in [0.29, 0.717) is 0 Å². The van der Waals surface area contributed by atoms with Crippen LogP contribution >= 0.6 is 11.6 Å². The molecule has 1 unspecified atom stereocenters. The summed E-state index contributed by atoms with van der Waals surface area (Å²) in [7, 11) is 0. The molecule has 0 bridgehead atoms. The smallest absolute Gasteiger partial charge is 0.321 e. The molecule has 7 nitrogen and oxygen atoms in total. The van der Waals surface area contributed by atoms with Crippen LogP contribution in [0.15, 0.2) is 30.5 Å². The normalized spacial score (nSPS) is 17.0. The van der Waals surface area contributed by atoms with Crippen molar-refractivity contribution >= 4 is 17.5 Å². The first kappa shape index (κ1) is 21.2. The minimum atomic E-state index is -4.79. The lowest BCUT2D eigenvalue weighted by Crippen LogP contribution is -2.44. The van der Waals surface area contributed by atoms with E-state index in [-0.39, 0.29) is 24.6 Å². The zero-order valence-electron chi connectivity index (χ0n) is 15.2. The van der Waals surface area contributed by atoms with Gasteiger partial charge in [0.15, 0.2) is 5.82 Å². The molecule has 0 saturated carbocycles. The summed E-state index contributed by atoms with van der Waals surface area (Å²) in [5, 5.41) is 12.3. The Bertz CT molecular complexity index is 1120. The van der Waals surface area contributed by atoms with Gasteiger partial charge in [0.25, 0.3) is 5.91 Å². The number of halogens is 7. The van der Waals surface area contributed by atoms with Gasteiger partial charge in [-0.2, -0.15) is 31.4 Å². The van der Waals surface area contributed by atoms with Gasteiger partial charge in [-0.05, 0) is 18.2 Å². The summed E-state index contributed by atoms with van der Waals surface area (Å²) in [4.78, 5) is 14.3. The van der Waals surface area contributed by atoms with Crippen LogP contribution in [0.3, 0.4) is 0 Å². The largest absolute Gasteiger partial charge is 0.451 e.